The molecule has 3 aromatic heterocycles. The maximum atomic E-state index is 12.8. The van der Waals surface area contributed by atoms with Crippen LogP contribution in [0.3, 0.4) is 0 Å². The molecule has 1 aliphatic rings. The zero-order chi connectivity index (χ0) is 19.3. The minimum Gasteiger partial charge on any atom is -0.339 e. The van der Waals surface area contributed by atoms with E-state index in [4.69, 9.17) is 0 Å². The Balaban J connectivity index is 1.34. The molecule has 0 spiro atoms. The first-order chi connectivity index (χ1) is 13.7. The molecule has 0 aromatic carbocycles. The van der Waals surface area contributed by atoms with Crippen molar-refractivity contribution in [2.45, 2.75) is 6.42 Å². The second-order valence-corrected chi connectivity index (χ2v) is 7.67. The van der Waals surface area contributed by atoms with Crippen molar-refractivity contribution in [3.63, 3.8) is 0 Å². The van der Waals surface area contributed by atoms with Crippen LogP contribution in [-0.4, -0.2) is 57.8 Å². The molecule has 2 amide bonds. The van der Waals surface area contributed by atoms with E-state index in [0.717, 1.165) is 16.1 Å². The van der Waals surface area contributed by atoms with Gasteiger partial charge >= 0.3 is 0 Å². The van der Waals surface area contributed by atoms with E-state index in [9.17, 15) is 9.59 Å². The molecule has 1 saturated heterocycles. The summed E-state index contributed by atoms with van der Waals surface area (Å²) in [5.74, 6) is 0.0974. The van der Waals surface area contributed by atoms with E-state index in [-0.39, 0.29) is 11.8 Å². The van der Waals surface area contributed by atoms with Crippen LogP contribution in [0.4, 0.5) is 0 Å². The summed E-state index contributed by atoms with van der Waals surface area (Å²) in [6, 6.07) is 13.3. The number of nitrogens with zero attached hydrogens (tertiary/aromatic N) is 4. The molecule has 0 atom stereocenters. The van der Waals surface area contributed by atoms with Gasteiger partial charge in [-0.1, -0.05) is 12.1 Å². The molecule has 3 aromatic rings. The van der Waals surface area contributed by atoms with Crippen LogP contribution in [0.15, 0.2) is 61.1 Å². The van der Waals surface area contributed by atoms with Crippen molar-refractivity contribution >= 4 is 23.2 Å². The van der Waals surface area contributed by atoms with Gasteiger partial charge in [0, 0.05) is 44.8 Å². The normalized spacial score (nSPS) is 14.1. The van der Waals surface area contributed by atoms with Crippen molar-refractivity contribution in [1.82, 2.24) is 19.8 Å². The number of rotatable bonds is 4. The van der Waals surface area contributed by atoms with Gasteiger partial charge in [0.1, 0.15) is 0 Å². The lowest BCUT2D eigenvalue weighted by Gasteiger charge is -2.34. The first-order valence-electron chi connectivity index (χ1n) is 9.18. The number of hydrogen-bond acceptors (Lipinski definition) is 5. The predicted octanol–water partition coefficient (Wildman–Crippen LogP) is 2.73. The summed E-state index contributed by atoms with van der Waals surface area (Å²) in [6.07, 6.45) is 5.51. The average Bonchev–Trinajstić information content (AvgIpc) is 3.25. The molecule has 0 aliphatic carbocycles. The molecule has 0 radical (unpaired) electrons. The Kier molecular flexibility index (Phi) is 5.43. The largest absolute Gasteiger partial charge is 0.339 e. The van der Waals surface area contributed by atoms with Gasteiger partial charge in [-0.05, 0) is 35.9 Å². The van der Waals surface area contributed by atoms with Crippen molar-refractivity contribution in [2.75, 3.05) is 26.2 Å². The van der Waals surface area contributed by atoms with Gasteiger partial charge in [0.25, 0.3) is 5.91 Å². The maximum absolute atomic E-state index is 12.8. The Morgan fingerprint density at radius 2 is 1.75 bits per heavy atom. The SMILES string of the molecule is O=C(Cc1cccnc1)N1CCN(C(=O)c2ccc(-c3ccccn3)s2)CC1. The summed E-state index contributed by atoms with van der Waals surface area (Å²) in [5.41, 5.74) is 1.78. The van der Waals surface area contributed by atoms with Crippen molar-refractivity contribution in [3.05, 3.63) is 71.5 Å². The molecule has 0 N–H and O–H groups in total. The third-order valence-corrected chi connectivity index (χ3v) is 5.83. The third kappa shape index (κ3) is 4.09. The maximum Gasteiger partial charge on any atom is 0.264 e. The number of piperazine rings is 1. The smallest absolute Gasteiger partial charge is 0.264 e. The topological polar surface area (TPSA) is 66.4 Å². The van der Waals surface area contributed by atoms with Crippen LogP contribution >= 0.6 is 11.3 Å². The van der Waals surface area contributed by atoms with E-state index >= 15 is 0 Å². The molecule has 0 bridgehead atoms. The second-order valence-electron chi connectivity index (χ2n) is 6.59. The van der Waals surface area contributed by atoms with E-state index in [1.54, 1.807) is 18.6 Å². The number of aromatic nitrogens is 2. The molecule has 142 valence electrons. The molecule has 7 heteroatoms. The highest BCUT2D eigenvalue weighted by Gasteiger charge is 2.25. The van der Waals surface area contributed by atoms with E-state index < -0.39 is 0 Å². The van der Waals surface area contributed by atoms with E-state index in [1.807, 2.05) is 52.3 Å². The highest BCUT2D eigenvalue weighted by molar-refractivity contribution is 7.17. The Morgan fingerprint density at radius 3 is 2.46 bits per heavy atom. The van der Waals surface area contributed by atoms with Crippen LogP contribution in [0.2, 0.25) is 0 Å². The third-order valence-electron chi connectivity index (χ3n) is 4.73. The van der Waals surface area contributed by atoms with Crippen molar-refractivity contribution in [3.8, 4) is 10.6 Å². The highest BCUT2D eigenvalue weighted by Crippen LogP contribution is 2.27. The predicted molar refractivity (Wildman–Crippen MR) is 108 cm³/mol. The standard InChI is InChI=1S/C21H20N4O2S/c26-20(14-16-4-3-8-22-15-16)24-10-12-25(13-11-24)21(27)19-7-6-18(28-19)17-5-1-2-9-23-17/h1-9,15H,10-14H2. The average molecular weight is 392 g/mol. The van der Waals surface area contributed by atoms with E-state index in [1.165, 1.54) is 11.3 Å². The molecule has 6 nitrogen and oxygen atoms in total. The number of pyridine rings is 2. The van der Waals surface area contributed by atoms with Crippen LogP contribution in [0.1, 0.15) is 15.2 Å². The van der Waals surface area contributed by atoms with Crippen molar-refractivity contribution in [1.29, 1.82) is 0 Å². The van der Waals surface area contributed by atoms with E-state index in [0.29, 0.717) is 37.5 Å². The number of amides is 2. The Bertz CT molecular complexity index is 951. The van der Waals surface area contributed by atoms with E-state index in [2.05, 4.69) is 9.97 Å². The minimum absolute atomic E-state index is 0.0199. The summed E-state index contributed by atoms with van der Waals surface area (Å²) >= 11 is 1.46. The molecule has 28 heavy (non-hydrogen) atoms. The number of hydrogen-bond donors (Lipinski definition) is 0. The number of thiophene rings is 1. The number of carbonyl (C=O) groups is 2. The molecular formula is C21H20N4O2S. The lowest BCUT2D eigenvalue weighted by atomic mass is 10.2. The lowest BCUT2D eigenvalue weighted by Crippen LogP contribution is -2.50. The Morgan fingerprint density at radius 1 is 0.929 bits per heavy atom. The zero-order valence-electron chi connectivity index (χ0n) is 15.3. The van der Waals surface area contributed by atoms with Crippen LogP contribution in [0.25, 0.3) is 10.6 Å². The molecule has 4 heterocycles. The highest BCUT2D eigenvalue weighted by atomic mass is 32.1. The van der Waals surface area contributed by atoms with Crippen LogP contribution in [0.5, 0.6) is 0 Å². The van der Waals surface area contributed by atoms with Gasteiger partial charge in [0.2, 0.25) is 5.91 Å². The summed E-state index contributed by atoms with van der Waals surface area (Å²) in [7, 11) is 0. The van der Waals surface area contributed by atoms with Crippen molar-refractivity contribution < 1.29 is 9.59 Å². The molecule has 0 saturated carbocycles. The van der Waals surface area contributed by atoms with Gasteiger partial charge in [-0.3, -0.25) is 19.6 Å². The minimum atomic E-state index is 0.0199. The summed E-state index contributed by atoms with van der Waals surface area (Å²) < 4.78 is 0. The van der Waals surface area contributed by atoms with Gasteiger partial charge in [0.05, 0.1) is 21.9 Å². The van der Waals surface area contributed by atoms with Gasteiger partial charge in [-0.2, -0.15) is 0 Å². The van der Waals surface area contributed by atoms with Crippen LogP contribution in [0, 0.1) is 0 Å². The monoisotopic (exact) mass is 392 g/mol. The first kappa shape index (κ1) is 18.3. The molecular weight excluding hydrogens is 372 g/mol. The lowest BCUT2D eigenvalue weighted by molar-refractivity contribution is -0.131. The summed E-state index contributed by atoms with van der Waals surface area (Å²) in [4.78, 5) is 39.0. The molecule has 4 rings (SSSR count). The van der Waals surface area contributed by atoms with Crippen LogP contribution < -0.4 is 0 Å². The molecule has 1 fully saturated rings. The van der Waals surface area contributed by atoms with Gasteiger partial charge in [0.15, 0.2) is 0 Å². The summed E-state index contributed by atoms with van der Waals surface area (Å²) in [6.45, 7) is 2.22. The van der Waals surface area contributed by atoms with Gasteiger partial charge in [-0.15, -0.1) is 11.3 Å². The summed E-state index contributed by atoms with van der Waals surface area (Å²) in [5, 5.41) is 0. The Hall–Kier alpha value is -3.06. The fourth-order valence-electron chi connectivity index (χ4n) is 3.20. The van der Waals surface area contributed by atoms with Crippen molar-refractivity contribution in [2.24, 2.45) is 0 Å². The Labute approximate surface area is 167 Å². The van der Waals surface area contributed by atoms with Gasteiger partial charge < -0.3 is 9.80 Å². The fraction of sp³-hybridized carbons (Fsp3) is 0.238. The number of carbonyl (C=O) groups excluding carboxylic acids is 2. The molecule has 1 aliphatic heterocycles. The fourth-order valence-corrected chi connectivity index (χ4v) is 4.15. The zero-order valence-corrected chi connectivity index (χ0v) is 16.1. The molecule has 0 unspecified atom stereocenters. The van der Waals surface area contributed by atoms with Crippen LogP contribution in [-0.2, 0) is 11.2 Å². The quantitative estimate of drug-likeness (QED) is 0.685. The first-order valence-corrected chi connectivity index (χ1v) is 9.99. The second kappa shape index (κ2) is 8.31. The van der Waals surface area contributed by atoms with Gasteiger partial charge in [-0.25, -0.2) is 0 Å².